The maximum Gasteiger partial charge on any atom is 0.0739 e. The Kier molecular flexibility index (Phi) is 4.22. The van der Waals surface area contributed by atoms with Crippen LogP contribution in [0, 0.1) is 6.92 Å². The number of piperazine rings is 1. The van der Waals surface area contributed by atoms with Crippen LogP contribution in [0.2, 0.25) is 0 Å². The third-order valence-electron chi connectivity index (χ3n) is 3.47. The molecule has 4 nitrogen and oxygen atoms in total. The predicted octanol–water partition coefficient (Wildman–Crippen LogP) is 1.67. The fraction of sp³-hybridized carbons (Fsp3) is 0.750. The third kappa shape index (κ3) is 2.89. The summed E-state index contributed by atoms with van der Waals surface area (Å²) in [6.07, 6.45) is 1.20. The Bertz CT molecular complexity index is 388. The van der Waals surface area contributed by atoms with Crippen molar-refractivity contribution in [1.82, 2.24) is 20.0 Å². The Morgan fingerprint density at radius 1 is 1.53 bits per heavy atom. The van der Waals surface area contributed by atoms with E-state index in [0.717, 1.165) is 36.3 Å². The monoisotopic (exact) mass is 300 g/mol. The second-order valence-corrected chi connectivity index (χ2v) is 5.56. The number of aryl methyl sites for hydroxylation is 2. The molecule has 2 rings (SSSR count). The van der Waals surface area contributed by atoms with Crippen LogP contribution >= 0.6 is 15.9 Å². The lowest BCUT2D eigenvalue weighted by atomic mass is 10.1. The van der Waals surface area contributed by atoms with Gasteiger partial charge in [0.15, 0.2) is 0 Å². The molecule has 1 fully saturated rings. The zero-order valence-corrected chi connectivity index (χ0v) is 12.4. The van der Waals surface area contributed by atoms with E-state index in [1.54, 1.807) is 0 Å². The Labute approximate surface area is 111 Å². The summed E-state index contributed by atoms with van der Waals surface area (Å²) >= 11 is 3.63. The number of rotatable bonds is 3. The van der Waals surface area contributed by atoms with Crippen molar-refractivity contribution in [2.75, 3.05) is 19.6 Å². The van der Waals surface area contributed by atoms with Gasteiger partial charge in [-0.25, -0.2) is 0 Å². The van der Waals surface area contributed by atoms with Crippen LogP contribution in [-0.4, -0.2) is 40.4 Å². The second-order valence-electron chi connectivity index (χ2n) is 4.76. The molecule has 0 aliphatic carbocycles. The van der Waals surface area contributed by atoms with Crippen LogP contribution in [-0.2, 0) is 13.6 Å². The van der Waals surface area contributed by atoms with Crippen molar-refractivity contribution in [3.63, 3.8) is 0 Å². The summed E-state index contributed by atoms with van der Waals surface area (Å²) in [5.74, 6) is 0. The first-order valence-electron chi connectivity index (χ1n) is 6.25. The minimum absolute atomic E-state index is 0.636. The van der Waals surface area contributed by atoms with Gasteiger partial charge in [-0.15, -0.1) is 0 Å². The van der Waals surface area contributed by atoms with Crippen LogP contribution in [0.4, 0.5) is 0 Å². The van der Waals surface area contributed by atoms with Gasteiger partial charge >= 0.3 is 0 Å². The largest absolute Gasteiger partial charge is 0.311 e. The molecule has 1 unspecified atom stereocenters. The van der Waals surface area contributed by atoms with Crippen molar-refractivity contribution in [2.45, 2.75) is 32.9 Å². The quantitative estimate of drug-likeness (QED) is 0.922. The Balaban J connectivity index is 2.05. The van der Waals surface area contributed by atoms with E-state index in [9.17, 15) is 0 Å². The standard InChI is InChI=1S/C12H21BrN4/c1-4-10-7-17(6-5-14-10)8-11-12(13)9(2)15-16(11)3/h10,14H,4-8H2,1-3H3. The minimum atomic E-state index is 0.636. The Morgan fingerprint density at radius 3 is 2.88 bits per heavy atom. The van der Waals surface area contributed by atoms with Crippen LogP contribution in [0.1, 0.15) is 24.7 Å². The van der Waals surface area contributed by atoms with Crippen molar-refractivity contribution in [3.8, 4) is 0 Å². The zero-order valence-electron chi connectivity index (χ0n) is 10.8. The van der Waals surface area contributed by atoms with Crippen LogP contribution in [0.15, 0.2) is 4.47 Å². The summed E-state index contributed by atoms with van der Waals surface area (Å²) in [7, 11) is 2.02. The van der Waals surface area contributed by atoms with E-state index in [0.29, 0.717) is 6.04 Å². The van der Waals surface area contributed by atoms with E-state index in [1.165, 1.54) is 12.1 Å². The van der Waals surface area contributed by atoms with Crippen molar-refractivity contribution in [1.29, 1.82) is 0 Å². The smallest absolute Gasteiger partial charge is 0.0739 e. The van der Waals surface area contributed by atoms with Crippen LogP contribution in [0.3, 0.4) is 0 Å². The van der Waals surface area contributed by atoms with Gasteiger partial charge in [-0.05, 0) is 29.3 Å². The molecule has 1 N–H and O–H groups in total. The van der Waals surface area contributed by atoms with Crippen LogP contribution < -0.4 is 5.32 Å². The van der Waals surface area contributed by atoms with Gasteiger partial charge in [0.1, 0.15) is 0 Å². The molecule has 0 bridgehead atoms. The van der Waals surface area contributed by atoms with Gasteiger partial charge in [0.05, 0.1) is 15.9 Å². The first-order valence-corrected chi connectivity index (χ1v) is 7.04. The maximum absolute atomic E-state index is 4.44. The SMILES string of the molecule is CCC1CN(Cc2c(Br)c(C)nn2C)CCN1. The van der Waals surface area contributed by atoms with Crippen molar-refractivity contribution in [3.05, 3.63) is 15.9 Å². The molecule has 1 atom stereocenters. The molecule has 0 saturated carbocycles. The second kappa shape index (κ2) is 5.50. The molecule has 1 aliphatic rings. The predicted molar refractivity (Wildman–Crippen MR) is 73.0 cm³/mol. The number of nitrogens with zero attached hydrogens (tertiary/aromatic N) is 3. The lowest BCUT2D eigenvalue weighted by Gasteiger charge is -2.33. The van der Waals surface area contributed by atoms with Crippen molar-refractivity contribution < 1.29 is 0 Å². The number of hydrogen-bond acceptors (Lipinski definition) is 3. The highest BCUT2D eigenvalue weighted by Crippen LogP contribution is 2.22. The minimum Gasteiger partial charge on any atom is -0.311 e. The highest BCUT2D eigenvalue weighted by Gasteiger charge is 2.20. The fourth-order valence-corrected chi connectivity index (χ4v) is 2.84. The van der Waals surface area contributed by atoms with E-state index in [1.807, 2.05) is 18.7 Å². The highest BCUT2D eigenvalue weighted by molar-refractivity contribution is 9.10. The van der Waals surface area contributed by atoms with Gasteiger partial charge in [0, 0.05) is 39.3 Å². The molecular formula is C12H21BrN4. The van der Waals surface area contributed by atoms with Gasteiger partial charge in [0.25, 0.3) is 0 Å². The Hall–Kier alpha value is -0.390. The van der Waals surface area contributed by atoms with Gasteiger partial charge in [-0.1, -0.05) is 6.92 Å². The third-order valence-corrected chi connectivity index (χ3v) is 4.50. The maximum atomic E-state index is 4.44. The van der Waals surface area contributed by atoms with E-state index >= 15 is 0 Å². The molecular weight excluding hydrogens is 280 g/mol. The summed E-state index contributed by atoms with van der Waals surface area (Å²) in [4.78, 5) is 2.51. The molecule has 0 radical (unpaired) electrons. The van der Waals surface area contributed by atoms with E-state index < -0.39 is 0 Å². The normalized spacial score (nSPS) is 22.0. The molecule has 0 amide bonds. The summed E-state index contributed by atoms with van der Waals surface area (Å²) in [5, 5.41) is 7.99. The lowest BCUT2D eigenvalue weighted by molar-refractivity contribution is 0.185. The van der Waals surface area contributed by atoms with Gasteiger partial charge < -0.3 is 5.32 Å². The average Bonchev–Trinajstić information content (AvgIpc) is 2.56. The number of hydrogen-bond donors (Lipinski definition) is 1. The Morgan fingerprint density at radius 2 is 2.29 bits per heavy atom. The van der Waals surface area contributed by atoms with E-state index in [-0.39, 0.29) is 0 Å². The molecule has 5 heteroatoms. The number of halogens is 1. The van der Waals surface area contributed by atoms with Crippen molar-refractivity contribution in [2.24, 2.45) is 7.05 Å². The summed E-state index contributed by atoms with van der Waals surface area (Å²) < 4.78 is 3.15. The molecule has 1 saturated heterocycles. The van der Waals surface area contributed by atoms with Gasteiger partial charge in [-0.3, -0.25) is 9.58 Å². The number of aromatic nitrogens is 2. The van der Waals surface area contributed by atoms with Gasteiger partial charge in [-0.2, -0.15) is 5.10 Å². The molecule has 1 aromatic rings. The lowest BCUT2D eigenvalue weighted by Crippen LogP contribution is -2.50. The van der Waals surface area contributed by atoms with E-state index in [2.05, 4.69) is 38.2 Å². The molecule has 0 spiro atoms. The van der Waals surface area contributed by atoms with Crippen molar-refractivity contribution >= 4 is 15.9 Å². The molecule has 96 valence electrons. The average molecular weight is 301 g/mol. The highest BCUT2D eigenvalue weighted by atomic mass is 79.9. The molecule has 1 aliphatic heterocycles. The first kappa shape index (κ1) is 13.1. The zero-order chi connectivity index (χ0) is 12.4. The number of nitrogens with one attached hydrogen (secondary N) is 1. The van der Waals surface area contributed by atoms with Crippen LogP contribution in [0.5, 0.6) is 0 Å². The summed E-state index contributed by atoms with van der Waals surface area (Å²) in [6.45, 7) is 8.61. The molecule has 17 heavy (non-hydrogen) atoms. The topological polar surface area (TPSA) is 33.1 Å². The van der Waals surface area contributed by atoms with E-state index in [4.69, 9.17) is 0 Å². The first-order chi connectivity index (χ1) is 8.11. The summed E-state index contributed by atoms with van der Waals surface area (Å²) in [5.41, 5.74) is 2.35. The van der Waals surface area contributed by atoms with Gasteiger partial charge in [0.2, 0.25) is 0 Å². The van der Waals surface area contributed by atoms with Crippen LogP contribution in [0.25, 0.3) is 0 Å². The molecule has 2 heterocycles. The molecule has 0 aromatic carbocycles. The fourth-order valence-electron chi connectivity index (χ4n) is 2.38. The summed E-state index contributed by atoms with van der Waals surface area (Å²) in [6, 6.07) is 0.636. The molecule has 1 aromatic heterocycles.